The number of rotatable bonds is 6. The van der Waals surface area contributed by atoms with Crippen LogP contribution in [-0.4, -0.2) is 59.4 Å². The van der Waals surface area contributed by atoms with Gasteiger partial charge < -0.3 is 10.5 Å². The molecule has 5 heterocycles. The first kappa shape index (κ1) is 28.8. The Kier molecular flexibility index (Phi) is 7.35. The molecule has 44 heavy (non-hydrogen) atoms. The number of halogens is 3. The van der Waals surface area contributed by atoms with Crippen LogP contribution in [0.5, 0.6) is 6.01 Å². The summed E-state index contributed by atoms with van der Waals surface area (Å²) in [6.07, 6.45) is 5.73. The fraction of sp³-hybridized carbons (Fsp3) is 0.406. The normalized spacial score (nSPS) is 22.3. The second-order valence-corrected chi connectivity index (χ2v) is 12.9. The average Bonchev–Trinajstić information content (AvgIpc) is 3.56. The number of aromatic nitrogens is 2. The summed E-state index contributed by atoms with van der Waals surface area (Å²) >= 11 is 0.954. The summed E-state index contributed by atoms with van der Waals surface area (Å²) < 4.78 is 52.7. The van der Waals surface area contributed by atoms with Crippen molar-refractivity contribution in [3.05, 3.63) is 47.5 Å². The lowest BCUT2D eigenvalue weighted by atomic mass is 9.93. The number of ether oxygens (including phenoxy) is 1. The van der Waals surface area contributed by atoms with E-state index in [1.54, 1.807) is 6.07 Å². The van der Waals surface area contributed by atoms with Gasteiger partial charge in [-0.3, -0.25) is 9.91 Å². The predicted octanol–water partition coefficient (Wildman–Crippen LogP) is 6.34. The van der Waals surface area contributed by atoms with E-state index in [2.05, 4.69) is 28.0 Å². The number of nitrogens with one attached hydrogen (secondary N) is 1. The summed E-state index contributed by atoms with van der Waals surface area (Å²) in [5.74, 6) is -0.746. The molecule has 8 nitrogen and oxygen atoms in total. The fourth-order valence-corrected chi connectivity index (χ4v) is 8.07. The standard InChI is InChI=1S/C32H32F3N7OS/c1-2-18-13-21-27(26(35)24(18)20-7-8-23(34)28-25(20)22(15-36)29(37)44-28)39-31(40-30(21)42-12-5-3-4-10-38-42)43-17-32-9-6-11-41(32)16-19(33)14-32/h2,7-8,13,19,38H,1,3-6,9-12,14,16-17,37H2/t19-,32+/m1/s1. The van der Waals surface area contributed by atoms with Crippen LogP contribution in [0.3, 0.4) is 0 Å². The van der Waals surface area contributed by atoms with E-state index in [4.69, 9.17) is 15.5 Å². The molecule has 2 atom stereocenters. The summed E-state index contributed by atoms with van der Waals surface area (Å²) in [6.45, 7) is 6.72. The number of nitrogens with two attached hydrogens (primary N) is 1. The highest BCUT2D eigenvalue weighted by molar-refractivity contribution is 7.23. The van der Waals surface area contributed by atoms with Crippen molar-refractivity contribution in [1.82, 2.24) is 20.3 Å². The van der Waals surface area contributed by atoms with E-state index in [9.17, 15) is 14.0 Å². The van der Waals surface area contributed by atoms with Gasteiger partial charge in [-0.2, -0.15) is 15.2 Å². The van der Waals surface area contributed by atoms with Crippen LogP contribution in [0.2, 0.25) is 0 Å². The molecule has 0 amide bonds. The Hall–Kier alpha value is -3.92. The average molecular weight is 620 g/mol. The van der Waals surface area contributed by atoms with Gasteiger partial charge in [0, 0.05) is 42.4 Å². The van der Waals surface area contributed by atoms with Gasteiger partial charge in [0.15, 0.2) is 11.6 Å². The van der Waals surface area contributed by atoms with E-state index in [1.165, 1.54) is 18.2 Å². The Morgan fingerprint density at radius 3 is 2.91 bits per heavy atom. The third-order valence-corrected chi connectivity index (χ3v) is 10.2. The Bertz CT molecular complexity index is 1830. The molecule has 0 aliphatic carbocycles. The van der Waals surface area contributed by atoms with Crippen LogP contribution in [0.1, 0.15) is 49.7 Å². The predicted molar refractivity (Wildman–Crippen MR) is 167 cm³/mol. The van der Waals surface area contributed by atoms with Gasteiger partial charge in [0.1, 0.15) is 35.2 Å². The number of fused-ring (bicyclic) bond motifs is 3. The number of alkyl halides is 1. The number of benzene rings is 2. The van der Waals surface area contributed by atoms with Crippen LogP contribution >= 0.6 is 11.3 Å². The molecule has 0 bridgehead atoms. The number of anilines is 2. The van der Waals surface area contributed by atoms with Gasteiger partial charge in [-0.1, -0.05) is 25.1 Å². The summed E-state index contributed by atoms with van der Waals surface area (Å²) in [5.41, 5.74) is 10.0. The molecule has 228 valence electrons. The fourth-order valence-electron chi connectivity index (χ4n) is 7.12. The maximum Gasteiger partial charge on any atom is 0.319 e. The van der Waals surface area contributed by atoms with Crippen molar-refractivity contribution in [3.8, 4) is 23.2 Å². The van der Waals surface area contributed by atoms with Gasteiger partial charge in [-0.05, 0) is 55.5 Å². The van der Waals surface area contributed by atoms with Gasteiger partial charge in [0.2, 0.25) is 0 Å². The van der Waals surface area contributed by atoms with E-state index < -0.39 is 23.3 Å². The Morgan fingerprint density at radius 2 is 2.09 bits per heavy atom. The highest BCUT2D eigenvalue weighted by Gasteiger charge is 2.49. The third kappa shape index (κ3) is 4.65. The van der Waals surface area contributed by atoms with Crippen molar-refractivity contribution >= 4 is 49.2 Å². The summed E-state index contributed by atoms with van der Waals surface area (Å²) in [6, 6.07) is 6.54. The summed E-state index contributed by atoms with van der Waals surface area (Å²) in [4.78, 5) is 11.5. The zero-order valence-corrected chi connectivity index (χ0v) is 25.0. The zero-order valence-electron chi connectivity index (χ0n) is 24.1. The van der Waals surface area contributed by atoms with Crippen molar-refractivity contribution in [1.29, 1.82) is 5.26 Å². The van der Waals surface area contributed by atoms with Crippen LogP contribution in [0.15, 0.2) is 24.8 Å². The highest BCUT2D eigenvalue weighted by atomic mass is 32.1. The van der Waals surface area contributed by atoms with Gasteiger partial charge in [-0.15, -0.1) is 11.3 Å². The highest BCUT2D eigenvalue weighted by Crippen LogP contribution is 2.45. The smallest absolute Gasteiger partial charge is 0.319 e. The molecule has 3 saturated heterocycles. The number of hydrogen-bond acceptors (Lipinski definition) is 9. The van der Waals surface area contributed by atoms with Crippen molar-refractivity contribution in [2.75, 3.05) is 43.5 Å². The topological polar surface area (TPSA) is 103 Å². The maximum absolute atomic E-state index is 17.0. The molecule has 0 radical (unpaired) electrons. The Labute approximate surface area is 256 Å². The lowest BCUT2D eigenvalue weighted by molar-refractivity contribution is 0.107. The first-order valence-corrected chi connectivity index (χ1v) is 15.8. The number of thiophene rings is 1. The minimum Gasteiger partial charge on any atom is -0.461 e. The number of nitrogen functional groups attached to an aromatic ring is 1. The number of nitrogens with zero attached hydrogens (tertiary/aromatic N) is 5. The SMILES string of the molecule is C=Cc1cc2c(N3CCCCCN3)nc(OC[C@@]34CCCN3C[C@H](F)C4)nc2c(F)c1-c1ccc(F)c2sc(N)c(C#N)c12. The molecule has 0 unspecified atom stereocenters. The van der Waals surface area contributed by atoms with Gasteiger partial charge in [-0.25, -0.2) is 18.6 Å². The Balaban J connectivity index is 1.42. The molecule has 2 aromatic heterocycles. The van der Waals surface area contributed by atoms with Crippen LogP contribution in [0.4, 0.5) is 24.0 Å². The van der Waals surface area contributed by atoms with Crippen LogP contribution in [0, 0.1) is 23.0 Å². The summed E-state index contributed by atoms with van der Waals surface area (Å²) in [7, 11) is 0. The van der Waals surface area contributed by atoms with E-state index >= 15 is 4.39 Å². The largest absolute Gasteiger partial charge is 0.461 e. The molecule has 3 aliphatic heterocycles. The molecule has 12 heteroatoms. The third-order valence-electron chi connectivity index (χ3n) is 9.19. The van der Waals surface area contributed by atoms with E-state index in [-0.39, 0.29) is 44.3 Å². The van der Waals surface area contributed by atoms with E-state index in [1.807, 2.05) is 5.01 Å². The minimum atomic E-state index is -0.914. The molecule has 2 aromatic carbocycles. The van der Waals surface area contributed by atoms with Crippen molar-refractivity contribution in [2.45, 2.75) is 50.2 Å². The van der Waals surface area contributed by atoms with Crippen molar-refractivity contribution in [2.24, 2.45) is 0 Å². The second kappa shape index (κ2) is 11.2. The molecular formula is C32H32F3N7OS. The number of hydrogen-bond donors (Lipinski definition) is 2. The second-order valence-electron chi connectivity index (χ2n) is 11.8. The van der Waals surface area contributed by atoms with Crippen LogP contribution in [0.25, 0.3) is 38.2 Å². The first-order valence-electron chi connectivity index (χ1n) is 14.9. The van der Waals surface area contributed by atoms with Crippen molar-refractivity contribution < 1.29 is 17.9 Å². The van der Waals surface area contributed by atoms with Crippen LogP contribution < -0.4 is 20.9 Å². The summed E-state index contributed by atoms with van der Waals surface area (Å²) in [5, 5.41) is 12.6. The molecule has 0 saturated carbocycles. The first-order chi connectivity index (χ1) is 21.3. The molecule has 7 rings (SSSR count). The number of nitriles is 1. The van der Waals surface area contributed by atoms with Gasteiger partial charge in [0.05, 0.1) is 15.8 Å². The molecule has 4 aromatic rings. The molecule has 3 aliphatic rings. The molecular weight excluding hydrogens is 587 g/mol. The lowest BCUT2D eigenvalue weighted by Crippen LogP contribution is -2.43. The Morgan fingerprint density at radius 1 is 1.23 bits per heavy atom. The van der Waals surface area contributed by atoms with Gasteiger partial charge in [0.25, 0.3) is 0 Å². The number of hydrazine groups is 1. The monoisotopic (exact) mass is 619 g/mol. The zero-order chi connectivity index (χ0) is 30.6. The maximum atomic E-state index is 17.0. The van der Waals surface area contributed by atoms with Crippen LogP contribution in [-0.2, 0) is 0 Å². The molecule has 3 N–H and O–H groups in total. The quantitative estimate of drug-likeness (QED) is 0.258. The lowest BCUT2D eigenvalue weighted by Gasteiger charge is -2.31. The minimum absolute atomic E-state index is 0.0000258. The van der Waals surface area contributed by atoms with E-state index in [0.717, 1.165) is 56.5 Å². The van der Waals surface area contributed by atoms with Crippen molar-refractivity contribution in [3.63, 3.8) is 0 Å². The van der Waals surface area contributed by atoms with E-state index in [0.29, 0.717) is 41.8 Å². The van der Waals surface area contributed by atoms with Gasteiger partial charge >= 0.3 is 6.01 Å². The molecule has 0 spiro atoms. The molecule has 3 fully saturated rings.